The minimum atomic E-state index is -0.763. The Hall–Kier alpha value is -1.03. The molecule has 86 valence electrons. The van der Waals surface area contributed by atoms with Gasteiger partial charge in [-0.25, -0.2) is 4.39 Å². The van der Waals surface area contributed by atoms with Gasteiger partial charge in [0.2, 0.25) is 0 Å². The molecular weight excluding hydrogens is 227 g/mol. The van der Waals surface area contributed by atoms with Gasteiger partial charge >= 0.3 is 5.97 Å². The molecule has 0 radical (unpaired) electrons. The predicted octanol–water partition coefficient (Wildman–Crippen LogP) is 3.17. The molecule has 1 fully saturated rings. The Balaban J connectivity index is 2.19. The number of aliphatic carboxylic acids is 1. The molecule has 1 aliphatic carbocycles. The molecule has 1 saturated carbocycles. The van der Waals surface area contributed by atoms with E-state index < -0.39 is 10.7 Å². The van der Waals surface area contributed by atoms with Crippen LogP contribution in [0, 0.1) is 11.7 Å². The first kappa shape index (κ1) is 11.5. The van der Waals surface area contributed by atoms with Gasteiger partial charge in [-0.2, -0.15) is 0 Å². The van der Waals surface area contributed by atoms with Gasteiger partial charge in [-0.3, -0.25) is 4.79 Å². The largest absolute Gasteiger partial charge is 0.480 e. The normalized spacial score (nSPS) is 28.5. The van der Waals surface area contributed by atoms with E-state index >= 15 is 0 Å². The minimum absolute atomic E-state index is 0.167. The van der Waals surface area contributed by atoms with Crippen molar-refractivity contribution in [1.29, 1.82) is 0 Å². The second-order valence-corrected chi connectivity index (χ2v) is 5.59. The van der Waals surface area contributed by atoms with Crippen LogP contribution in [0.25, 0.3) is 0 Å². The van der Waals surface area contributed by atoms with Crippen LogP contribution in [-0.2, 0) is 4.79 Å². The molecule has 4 heteroatoms. The number of thioether (sulfide) groups is 1. The van der Waals surface area contributed by atoms with E-state index in [0.717, 1.165) is 11.3 Å². The maximum Gasteiger partial charge on any atom is 0.320 e. The SMILES string of the molecule is CC1CCC1(Sc1ccc(F)cc1)C(=O)O. The van der Waals surface area contributed by atoms with Gasteiger partial charge in [0, 0.05) is 4.90 Å². The zero-order valence-corrected chi connectivity index (χ0v) is 9.76. The van der Waals surface area contributed by atoms with E-state index in [9.17, 15) is 14.3 Å². The first-order valence-electron chi connectivity index (χ1n) is 5.22. The Kier molecular flexibility index (Phi) is 2.93. The first-order chi connectivity index (χ1) is 7.54. The molecule has 0 amide bonds. The Morgan fingerprint density at radius 2 is 2.12 bits per heavy atom. The number of carbonyl (C=O) groups is 1. The number of carboxylic acids is 1. The fourth-order valence-corrected chi connectivity index (χ4v) is 3.24. The van der Waals surface area contributed by atoms with Crippen LogP contribution in [0.4, 0.5) is 4.39 Å². The van der Waals surface area contributed by atoms with Crippen molar-refractivity contribution in [2.45, 2.75) is 29.4 Å². The fourth-order valence-electron chi connectivity index (χ4n) is 1.92. The van der Waals surface area contributed by atoms with Gasteiger partial charge in [0.05, 0.1) is 0 Å². The van der Waals surface area contributed by atoms with Gasteiger partial charge < -0.3 is 5.11 Å². The second-order valence-electron chi connectivity index (χ2n) is 4.19. The summed E-state index contributed by atoms with van der Waals surface area (Å²) in [6.07, 6.45) is 1.63. The van der Waals surface area contributed by atoms with Crippen LogP contribution in [0.2, 0.25) is 0 Å². The van der Waals surface area contributed by atoms with E-state index in [1.807, 2.05) is 6.92 Å². The number of benzene rings is 1. The van der Waals surface area contributed by atoms with Crippen LogP contribution in [0.15, 0.2) is 29.2 Å². The third-order valence-electron chi connectivity index (χ3n) is 3.22. The van der Waals surface area contributed by atoms with Gasteiger partial charge in [-0.15, -0.1) is 11.8 Å². The number of carboxylic acid groups (broad SMARTS) is 1. The Morgan fingerprint density at radius 3 is 2.50 bits per heavy atom. The standard InChI is InChI=1S/C12H13FO2S/c1-8-6-7-12(8,11(14)15)16-10-4-2-9(13)3-5-10/h2-5,8H,6-7H2,1H3,(H,14,15). The number of halogens is 1. The van der Waals surface area contributed by atoms with Crippen molar-refractivity contribution in [3.05, 3.63) is 30.1 Å². The maximum atomic E-state index is 12.7. The average molecular weight is 240 g/mol. The Morgan fingerprint density at radius 1 is 1.50 bits per heavy atom. The summed E-state index contributed by atoms with van der Waals surface area (Å²) < 4.78 is 12.0. The molecule has 0 aliphatic heterocycles. The average Bonchev–Trinajstić information content (AvgIpc) is 2.25. The molecular formula is C12H13FO2S. The van der Waals surface area contributed by atoms with E-state index in [1.54, 1.807) is 12.1 Å². The van der Waals surface area contributed by atoms with Gasteiger partial charge in [-0.1, -0.05) is 6.92 Å². The van der Waals surface area contributed by atoms with Crippen LogP contribution in [-0.4, -0.2) is 15.8 Å². The minimum Gasteiger partial charge on any atom is -0.480 e. The summed E-state index contributed by atoms with van der Waals surface area (Å²) >= 11 is 1.34. The lowest BCUT2D eigenvalue weighted by Gasteiger charge is -2.43. The molecule has 1 N–H and O–H groups in total. The second kappa shape index (κ2) is 4.09. The van der Waals surface area contributed by atoms with E-state index in [4.69, 9.17) is 0 Å². The zero-order chi connectivity index (χ0) is 11.8. The lowest BCUT2D eigenvalue weighted by molar-refractivity contribution is -0.144. The molecule has 1 aliphatic rings. The molecule has 2 rings (SSSR count). The highest BCUT2D eigenvalue weighted by atomic mass is 32.2. The van der Waals surface area contributed by atoms with Crippen molar-refractivity contribution >= 4 is 17.7 Å². The van der Waals surface area contributed by atoms with Crippen molar-refractivity contribution in [3.63, 3.8) is 0 Å². The van der Waals surface area contributed by atoms with Crippen LogP contribution in [0.5, 0.6) is 0 Å². The van der Waals surface area contributed by atoms with Crippen molar-refractivity contribution < 1.29 is 14.3 Å². The fraction of sp³-hybridized carbons (Fsp3) is 0.417. The summed E-state index contributed by atoms with van der Waals surface area (Å²) in [7, 11) is 0. The molecule has 0 bridgehead atoms. The molecule has 0 heterocycles. The Labute approximate surface area is 97.9 Å². The van der Waals surface area contributed by atoms with Crippen LogP contribution in [0.3, 0.4) is 0 Å². The zero-order valence-electron chi connectivity index (χ0n) is 8.94. The van der Waals surface area contributed by atoms with Crippen molar-refractivity contribution in [2.75, 3.05) is 0 Å². The lowest BCUT2D eigenvalue weighted by Crippen LogP contribution is -2.49. The molecule has 0 spiro atoms. The summed E-state index contributed by atoms with van der Waals surface area (Å²) in [6.45, 7) is 1.95. The topological polar surface area (TPSA) is 37.3 Å². The van der Waals surface area contributed by atoms with Crippen molar-refractivity contribution in [2.24, 2.45) is 5.92 Å². The number of rotatable bonds is 3. The summed E-state index contributed by atoms with van der Waals surface area (Å²) in [5, 5.41) is 9.28. The molecule has 1 aromatic rings. The molecule has 2 nitrogen and oxygen atoms in total. The van der Waals surface area contributed by atoms with Gasteiger partial charge in [0.1, 0.15) is 10.6 Å². The molecule has 2 unspecified atom stereocenters. The van der Waals surface area contributed by atoms with E-state index in [1.165, 1.54) is 23.9 Å². The monoisotopic (exact) mass is 240 g/mol. The van der Waals surface area contributed by atoms with Gasteiger partial charge in [0.15, 0.2) is 0 Å². The maximum absolute atomic E-state index is 12.7. The highest BCUT2D eigenvalue weighted by Gasteiger charge is 2.51. The van der Waals surface area contributed by atoms with Crippen LogP contribution < -0.4 is 0 Å². The van der Waals surface area contributed by atoms with E-state index in [-0.39, 0.29) is 11.7 Å². The molecule has 2 atom stereocenters. The van der Waals surface area contributed by atoms with E-state index in [0.29, 0.717) is 6.42 Å². The highest BCUT2D eigenvalue weighted by molar-refractivity contribution is 8.01. The molecule has 0 saturated heterocycles. The van der Waals surface area contributed by atoms with E-state index in [2.05, 4.69) is 0 Å². The molecule has 1 aromatic carbocycles. The van der Waals surface area contributed by atoms with Crippen LogP contribution >= 0.6 is 11.8 Å². The molecule has 16 heavy (non-hydrogen) atoms. The molecule has 0 aromatic heterocycles. The third-order valence-corrected chi connectivity index (χ3v) is 4.87. The van der Waals surface area contributed by atoms with Gasteiger partial charge in [0.25, 0.3) is 0 Å². The predicted molar refractivity (Wildman–Crippen MR) is 61.0 cm³/mol. The van der Waals surface area contributed by atoms with Crippen LogP contribution in [0.1, 0.15) is 19.8 Å². The van der Waals surface area contributed by atoms with Crippen molar-refractivity contribution in [3.8, 4) is 0 Å². The van der Waals surface area contributed by atoms with Gasteiger partial charge in [-0.05, 0) is 43.0 Å². The number of hydrogen-bond donors (Lipinski definition) is 1. The quantitative estimate of drug-likeness (QED) is 0.881. The lowest BCUT2D eigenvalue weighted by atomic mass is 9.74. The summed E-state index contributed by atoms with van der Waals surface area (Å²) in [5.74, 6) is -0.893. The summed E-state index contributed by atoms with van der Waals surface area (Å²) in [6, 6.07) is 5.99. The highest BCUT2D eigenvalue weighted by Crippen LogP contribution is 2.51. The smallest absolute Gasteiger partial charge is 0.320 e. The number of hydrogen-bond acceptors (Lipinski definition) is 2. The van der Waals surface area contributed by atoms with Crippen molar-refractivity contribution in [1.82, 2.24) is 0 Å². The summed E-state index contributed by atoms with van der Waals surface area (Å²) in [4.78, 5) is 12.1. The third kappa shape index (κ3) is 1.82. The Bertz CT molecular complexity index is 404. The first-order valence-corrected chi connectivity index (χ1v) is 6.04. The summed E-state index contributed by atoms with van der Waals surface area (Å²) in [5.41, 5.74) is 0.